The predicted molar refractivity (Wildman–Crippen MR) is 94.3 cm³/mol. The molecule has 0 atom stereocenters. The molecule has 2 aliphatic rings. The molecule has 1 aromatic carbocycles. The standard InChI is InChI=1S/C20H22N3O/c1-15-13-18(16-7-8-16)14-21-19(15)22-9-11-23(12-10-22)20(24)17-5-3-2-4-6-17/h2-5,13-14,16H,7-12H2,1H3. The van der Waals surface area contributed by atoms with Gasteiger partial charge in [-0.1, -0.05) is 24.3 Å². The second-order valence-corrected chi connectivity index (χ2v) is 6.74. The number of anilines is 1. The van der Waals surface area contributed by atoms with E-state index in [9.17, 15) is 4.79 Å². The third-order valence-electron chi connectivity index (χ3n) is 4.93. The number of hydrogen-bond acceptors (Lipinski definition) is 3. The van der Waals surface area contributed by atoms with Gasteiger partial charge in [0.05, 0.1) is 0 Å². The molecule has 123 valence electrons. The Hall–Kier alpha value is -2.36. The highest BCUT2D eigenvalue weighted by Crippen LogP contribution is 2.40. The Morgan fingerprint density at radius 1 is 1.21 bits per heavy atom. The van der Waals surface area contributed by atoms with Crippen molar-refractivity contribution in [3.8, 4) is 0 Å². The minimum absolute atomic E-state index is 0.0732. The van der Waals surface area contributed by atoms with Crippen molar-refractivity contribution in [3.05, 3.63) is 59.3 Å². The molecule has 4 rings (SSSR count). The summed E-state index contributed by atoms with van der Waals surface area (Å²) >= 11 is 0. The molecular weight excluding hydrogens is 298 g/mol. The Morgan fingerprint density at radius 3 is 2.62 bits per heavy atom. The lowest BCUT2D eigenvalue weighted by Crippen LogP contribution is -2.49. The zero-order valence-corrected chi connectivity index (χ0v) is 14.0. The van der Waals surface area contributed by atoms with E-state index in [1.165, 1.54) is 24.0 Å². The van der Waals surface area contributed by atoms with Gasteiger partial charge in [0.2, 0.25) is 0 Å². The van der Waals surface area contributed by atoms with Crippen molar-refractivity contribution >= 4 is 11.7 Å². The molecule has 1 aromatic heterocycles. The Labute approximate surface area is 143 Å². The number of nitrogens with zero attached hydrogens (tertiary/aromatic N) is 3. The summed E-state index contributed by atoms with van der Waals surface area (Å²) in [7, 11) is 0. The number of hydrogen-bond donors (Lipinski definition) is 0. The van der Waals surface area contributed by atoms with Crippen LogP contribution in [0, 0.1) is 13.0 Å². The second kappa shape index (κ2) is 6.27. The molecule has 1 saturated carbocycles. The van der Waals surface area contributed by atoms with Gasteiger partial charge in [0.15, 0.2) is 0 Å². The fourth-order valence-corrected chi connectivity index (χ4v) is 3.38. The lowest BCUT2D eigenvalue weighted by atomic mass is 10.1. The topological polar surface area (TPSA) is 36.4 Å². The van der Waals surface area contributed by atoms with E-state index in [2.05, 4.69) is 24.0 Å². The zero-order chi connectivity index (χ0) is 16.5. The molecule has 0 N–H and O–H groups in total. The number of carbonyl (C=O) groups is 1. The van der Waals surface area contributed by atoms with Gasteiger partial charge in [0.25, 0.3) is 5.91 Å². The van der Waals surface area contributed by atoms with Crippen molar-refractivity contribution in [1.29, 1.82) is 0 Å². The predicted octanol–water partition coefficient (Wildman–Crippen LogP) is 3.03. The maximum Gasteiger partial charge on any atom is 0.254 e. The Balaban J connectivity index is 1.42. The SMILES string of the molecule is Cc1cc(C2CC2)cnc1N1CCN(C(=O)c2[c]cccc2)CC1. The van der Waals surface area contributed by atoms with Gasteiger partial charge >= 0.3 is 0 Å². The molecule has 1 radical (unpaired) electrons. The van der Waals surface area contributed by atoms with E-state index in [1.807, 2.05) is 29.3 Å². The number of aromatic nitrogens is 1. The number of rotatable bonds is 3. The molecule has 4 heteroatoms. The van der Waals surface area contributed by atoms with Gasteiger partial charge < -0.3 is 9.80 Å². The van der Waals surface area contributed by atoms with Crippen LogP contribution in [-0.4, -0.2) is 42.0 Å². The summed E-state index contributed by atoms with van der Waals surface area (Å²) in [5.41, 5.74) is 3.27. The van der Waals surface area contributed by atoms with E-state index in [0.717, 1.165) is 37.9 Å². The quantitative estimate of drug-likeness (QED) is 0.872. The van der Waals surface area contributed by atoms with Gasteiger partial charge in [-0.3, -0.25) is 4.79 Å². The molecule has 1 aliphatic heterocycles. The van der Waals surface area contributed by atoms with E-state index in [4.69, 9.17) is 4.98 Å². The second-order valence-electron chi connectivity index (χ2n) is 6.74. The van der Waals surface area contributed by atoms with Crippen LogP contribution in [0.3, 0.4) is 0 Å². The highest BCUT2D eigenvalue weighted by atomic mass is 16.2. The molecule has 2 fully saturated rings. The number of benzene rings is 1. The zero-order valence-electron chi connectivity index (χ0n) is 14.0. The normalized spacial score (nSPS) is 17.9. The number of carbonyl (C=O) groups excluding carboxylic acids is 1. The fourth-order valence-electron chi connectivity index (χ4n) is 3.38. The lowest BCUT2D eigenvalue weighted by Gasteiger charge is -2.36. The van der Waals surface area contributed by atoms with Crippen LogP contribution in [0.15, 0.2) is 36.5 Å². The van der Waals surface area contributed by atoms with Crippen molar-refractivity contribution in [2.75, 3.05) is 31.1 Å². The maximum atomic E-state index is 12.5. The number of amides is 1. The minimum Gasteiger partial charge on any atom is -0.353 e. The van der Waals surface area contributed by atoms with Crippen LogP contribution >= 0.6 is 0 Å². The largest absolute Gasteiger partial charge is 0.353 e. The Bertz CT molecular complexity index is 732. The minimum atomic E-state index is 0.0732. The first-order valence-corrected chi connectivity index (χ1v) is 8.70. The van der Waals surface area contributed by atoms with Crippen molar-refractivity contribution < 1.29 is 4.79 Å². The molecule has 1 saturated heterocycles. The summed E-state index contributed by atoms with van der Waals surface area (Å²) in [6.07, 6.45) is 4.64. The van der Waals surface area contributed by atoms with Crippen LogP contribution in [0.1, 0.15) is 40.2 Å². The van der Waals surface area contributed by atoms with Crippen molar-refractivity contribution in [3.63, 3.8) is 0 Å². The number of aryl methyl sites for hydroxylation is 1. The van der Waals surface area contributed by atoms with Gasteiger partial charge in [-0.2, -0.15) is 0 Å². The number of pyridine rings is 1. The van der Waals surface area contributed by atoms with Gasteiger partial charge in [0, 0.05) is 37.9 Å². The van der Waals surface area contributed by atoms with Crippen molar-refractivity contribution in [2.45, 2.75) is 25.7 Å². The third kappa shape index (κ3) is 3.01. The van der Waals surface area contributed by atoms with Crippen LogP contribution in [0.5, 0.6) is 0 Å². The van der Waals surface area contributed by atoms with E-state index in [-0.39, 0.29) is 5.91 Å². The molecule has 0 unspecified atom stereocenters. The number of piperazine rings is 1. The average molecular weight is 320 g/mol. The van der Waals surface area contributed by atoms with E-state index in [0.29, 0.717) is 5.56 Å². The lowest BCUT2D eigenvalue weighted by molar-refractivity contribution is 0.0746. The Kier molecular flexibility index (Phi) is 3.97. The highest BCUT2D eigenvalue weighted by Gasteiger charge is 2.26. The molecule has 1 aliphatic carbocycles. The van der Waals surface area contributed by atoms with Gasteiger partial charge in [0.1, 0.15) is 5.82 Å². The van der Waals surface area contributed by atoms with Crippen molar-refractivity contribution in [1.82, 2.24) is 9.88 Å². The molecular formula is C20H22N3O. The molecule has 24 heavy (non-hydrogen) atoms. The monoisotopic (exact) mass is 320 g/mol. The van der Waals surface area contributed by atoms with Gasteiger partial charge in [-0.15, -0.1) is 0 Å². The summed E-state index contributed by atoms with van der Waals surface area (Å²) in [6.45, 7) is 5.26. The summed E-state index contributed by atoms with van der Waals surface area (Å²) in [6, 6.07) is 12.7. The van der Waals surface area contributed by atoms with Crippen LogP contribution in [0.25, 0.3) is 0 Å². The summed E-state index contributed by atoms with van der Waals surface area (Å²) in [4.78, 5) is 21.4. The van der Waals surface area contributed by atoms with Gasteiger partial charge in [-0.05, 0) is 48.9 Å². The fraction of sp³-hybridized carbons (Fsp3) is 0.400. The summed E-state index contributed by atoms with van der Waals surface area (Å²) in [5, 5.41) is 0. The smallest absolute Gasteiger partial charge is 0.254 e. The molecule has 2 aromatic rings. The first kappa shape index (κ1) is 15.2. The van der Waals surface area contributed by atoms with E-state index >= 15 is 0 Å². The average Bonchev–Trinajstić information content (AvgIpc) is 3.47. The first-order chi connectivity index (χ1) is 11.7. The summed E-state index contributed by atoms with van der Waals surface area (Å²) < 4.78 is 0. The third-order valence-corrected chi connectivity index (χ3v) is 4.93. The van der Waals surface area contributed by atoms with E-state index in [1.54, 1.807) is 6.07 Å². The van der Waals surface area contributed by atoms with Crippen LogP contribution in [0.4, 0.5) is 5.82 Å². The molecule has 1 amide bonds. The molecule has 0 bridgehead atoms. The van der Waals surface area contributed by atoms with Gasteiger partial charge in [-0.25, -0.2) is 4.98 Å². The maximum absolute atomic E-state index is 12.5. The molecule has 2 heterocycles. The van der Waals surface area contributed by atoms with Crippen LogP contribution in [0.2, 0.25) is 0 Å². The first-order valence-electron chi connectivity index (χ1n) is 8.70. The van der Waals surface area contributed by atoms with Crippen LogP contribution < -0.4 is 4.90 Å². The van der Waals surface area contributed by atoms with Crippen molar-refractivity contribution in [2.24, 2.45) is 0 Å². The molecule has 4 nitrogen and oxygen atoms in total. The van der Waals surface area contributed by atoms with E-state index < -0.39 is 0 Å². The highest BCUT2D eigenvalue weighted by molar-refractivity contribution is 5.94. The molecule has 0 spiro atoms. The van der Waals surface area contributed by atoms with Crippen LogP contribution in [-0.2, 0) is 0 Å². The Morgan fingerprint density at radius 2 is 2.00 bits per heavy atom. The summed E-state index contributed by atoms with van der Waals surface area (Å²) in [5.74, 6) is 1.88.